The number of amides is 3. The van der Waals surface area contributed by atoms with Gasteiger partial charge >= 0.3 is 5.97 Å². The first kappa shape index (κ1) is 26.3. The van der Waals surface area contributed by atoms with E-state index in [1.807, 2.05) is 19.9 Å². The second kappa shape index (κ2) is 11.0. The molecule has 0 fully saturated rings. The van der Waals surface area contributed by atoms with E-state index in [2.05, 4.69) is 5.32 Å². The summed E-state index contributed by atoms with van der Waals surface area (Å²) in [5.74, 6) is -3.16. The number of ether oxygens (including phenoxy) is 1. The number of hydrogen-bond acceptors (Lipinski definition) is 5. The average Bonchev–Trinajstić information content (AvgIpc) is 3.05. The fourth-order valence-corrected chi connectivity index (χ4v) is 4.57. The zero-order valence-electron chi connectivity index (χ0n) is 18.2. The molecule has 7 nitrogen and oxygen atoms in total. The molecule has 0 bridgehead atoms. The van der Waals surface area contributed by atoms with E-state index in [1.54, 1.807) is 18.2 Å². The van der Waals surface area contributed by atoms with Gasteiger partial charge in [-0.3, -0.25) is 19.3 Å². The number of imide groups is 1. The van der Waals surface area contributed by atoms with Crippen LogP contribution in [0.15, 0.2) is 24.3 Å². The summed E-state index contributed by atoms with van der Waals surface area (Å²) in [5, 5.41) is 1.82. The Morgan fingerprint density at radius 3 is 2.12 bits per heavy atom. The number of carbonyl (C=O) groups excluding carboxylic acids is 4. The highest BCUT2D eigenvalue weighted by molar-refractivity contribution is 6.55. The number of aryl methyl sites for hydroxylation is 1. The van der Waals surface area contributed by atoms with Crippen LogP contribution in [0.2, 0.25) is 20.1 Å². The van der Waals surface area contributed by atoms with E-state index in [-0.39, 0.29) is 37.6 Å². The smallest absolute Gasteiger partial charge is 0.329 e. The molecule has 3 rings (SSSR count). The summed E-state index contributed by atoms with van der Waals surface area (Å²) in [4.78, 5) is 52.2. The topological polar surface area (TPSA) is 92.8 Å². The van der Waals surface area contributed by atoms with Crippen LogP contribution in [0.4, 0.5) is 5.69 Å². The third kappa shape index (κ3) is 5.18. The van der Waals surface area contributed by atoms with Crippen LogP contribution < -0.4 is 5.32 Å². The predicted molar refractivity (Wildman–Crippen MR) is 131 cm³/mol. The zero-order valence-corrected chi connectivity index (χ0v) is 21.2. The third-order valence-corrected chi connectivity index (χ3v) is 7.00. The lowest BCUT2D eigenvalue weighted by molar-refractivity contribution is -0.151. The molecule has 0 saturated heterocycles. The molecule has 0 unspecified atom stereocenters. The number of rotatable bonds is 8. The van der Waals surface area contributed by atoms with Gasteiger partial charge in [0.25, 0.3) is 17.7 Å². The highest BCUT2D eigenvalue weighted by atomic mass is 35.5. The molecule has 0 radical (unpaired) electrons. The SMILES string of the molecule is CCCC[C@H](C(=O)OCC(=O)Nc1cccc(C)c1)N1C(=O)c2c(Cl)c(Cl)c(Cl)c(Cl)c2C1=O. The van der Waals surface area contributed by atoms with Crippen LogP contribution in [0.5, 0.6) is 0 Å². The van der Waals surface area contributed by atoms with E-state index >= 15 is 0 Å². The molecule has 1 aliphatic rings. The molecule has 1 N–H and O–H groups in total. The molecule has 3 amide bonds. The molecule has 1 aliphatic heterocycles. The van der Waals surface area contributed by atoms with Crippen molar-refractivity contribution in [1.82, 2.24) is 4.90 Å². The Labute approximate surface area is 216 Å². The van der Waals surface area contributed by atoms with Crippen molar-refractivity contribution in [2.24, 2.45) is 0 Å². The largest absolute Gasteiger partial charge is 0.454 e. The number of fused-ring (bicyclic) bond motifs is 1. The second-order valence-electron chi connectivity index (χ2n) is 7.67. The Balaban J connectivity index is 1.81. The molecule has 0 aromatic heterocycles. The highest BCUT2D eigenvalue weighted by Crippen LogP contribution is 2.45. The fraction of sp³-hybridized carbons (Fsp3) is 0.304. The van der Waals surface area contributed by atoms with E-state index in [9.17, 15) is 19.2 Å². The number of anilines is 1. The molecule has 2 aromatic carbocycles. The van der Waals surface area contributed by atoms with Gasteiger partial charge in [-0.1, -0.05) is 78.3 Å². The van der Waals surface area contributed by atoms with Crippen LogP contribution in [0, 0.1) is 6.92 Å². The molecule has 0 saturated carbocycles. The average molecular weight is 546 g/mol. The molecule has 1 atom stereocenters. The first-order valence-electron chi connectivity index (χ1n) is 10.3. The third-order valence-electron chi connectivity index (χ3n) is 5.19. The van der Waals surface area contributed by atoms with Crippen molar-refractivity contribution in [3.8, 4) is 0 Å². The Morgan fingerprint density at radius 2 is 1.59 bits per heavy atom. The maximum absolute atomic E-state index is 13.1. The number of nitrogens with one attached hydrogen (secondary N) is 1. The summed E-state index contributed by atoms with van der Waals surface area (Å²) in [5.41, 5.74) is 1.04. The van der Waals surface area contributed by atoms with E-state index < -0.39 is 36.3 Å². The van der Waals surface area contributed by atoms with Crippen molar-refractivity contribution in [2.45, 2.75) is 39.2 Å². The number of unbranched alkanes of at least 4 members (excludes halogenated alkanes) is 1. The quantitative estimate of drug-likeness (QED) is 0.191. The first-order chi connectivity index (χ1) is 16.1. The Hall–Kier alpha value is -2.32. The standard InChI is InChI=1S/C23H20Cl4N2O5/c1-3-4-8-13(23(33)34-10-14(30)28-12-7-5-6-11(2)9-12)29-21(31)15-16(22(29)32)18(25)20(27)19(26)17(15)24/h5-7,9,13H,3-4,8,10H2,1-2H3,(H,28,30)/t13-/m1/s1. The van der Waals surface area contributed by atoms with Gasteiger partial charge in [0.1, 0.15) is 6.04 Å². The lowest BCUT2D eigenvalue weighted by Gasteiger charge is -2.24. The molecule has 0 spiro atoms. The van der Waals surface area contributed by atoms with Crippen LogP contribution in [0.25, 0.3) is 0 Å². The number of nitrogens with zero attached hydrogens (tertiary/aromatic N) is 1. The van der Waals surface area contributed by atoms with Crippen molar-refractivity contribution < 1.29 is 23.9 Å². The summed E-state index contributed by atoms with van der Waals surface area (Å²) >= 11 is 24.4. The Bertz CT molecular complexity index is 1140. The van der Waals surface area contributed by atoms with Crippen LogP contribution in [-0.4, -0.2) is 41.2 Å². The van der Waals surface area contributed by atoms with Gasteiger partial charge in [0, 0.05) is 5.69 Å². The lowest BCUT2D eigenvalue weighted by Crippen LogP contribution is -2.46. The summed E-state index contributed by atoms with van der Waals surface area (Å²) in [6, 6.07) is 5.80. The number of hydrogen-bond donors (Lipinski definition) is 1. The number of halogens is 4. The van der Waals surface area contributed by atoms with Crippen LogP contribution in [0.3, 0.4) is 0 Å². The van der Waals surface area contributed by atoms with Gasteiger partial charge < -0.3 is 10.1 Å². The normalized spacial score (nSPS) is 13.6. The fourth-order valence-electron chi connectivity index (χ4n) is 3.55. The number of carbonyl (C=O) groups is 4. The van der Waals surface area contributed by atoms with Gasteiger partial charge in [-0.2, -0.15) is 0 Å². The van der Waals surface area contributed by atoms with Gasteiger partial charge in [-0.25, -0.2) is 4.79 Å². The number of benzene rings is 2. The molecular weight excluding hydrogens is 526 g/mol. The Morgan fingerprint density at radius 1 is 1.00 bits per heavy atom. The summed E-state index contributed by atoms with van der Waals surface area (Å²) < 4.78 is 5.17. The molecular formula is C23H20Cl4N2O5. The van der Waals surface area contributed by atoms with Gasteiger partial charge in [0.15, 0.2) is 6.61 Å². The minimum absolute atomic E-state index is 0.122. The molecule has 0 aliphatic carbocycles. The van der Waals surface area contributed by atoms with Crippen LogP contribution >= 0.6 is 46.4 Å². The highest BCUT2D eigenvalue weighted by Gasteiger charge is 2.47. The predicted octanol–water partition coefficient (Wildman–Crippen LogP) is 5.95. The zero-order chi connectivity index (χ0) is 25.2. The van der Waals surface area contributed by atoms with Crippen molar-refractivity contribution in [1.29, 1.82) is 0 Å². The Kier molecular flexibility index (Phi) is 8.47. The lowest BCUT2D eigenvalue weighted by atomic mass is 10.1. The van der Waals surface area contributed by atoms with Crippen molar-refractivity contribution in [3.05, 3.63) is 61.0 Å². The van der Waals surface area contributed by atoms with E-state index in [0.717, 1.165) is 10.5 Å². The molecule has 2 aromatic rings. The summed E-state index contributed by atoms with van der Waals surface area (Å²) in [6.45, 7) is 3.15. The van der Waals surface area contributed by atoms with Gasteiger partial charge in [0.05, 0.1) is 31.2 Å². The van der Waals surface area contributed by atoms with Gasteiger partial charge in [-0.15, -0.1) is 0 Å². The summed E-state index contributed by atoms with van der Waals surface area (Å²) in [6.07, 6.45) is 1.31. The maximum Gasteiger partial charge on any atom is 0.329 e. The van der Waals surface area contributed by atoms with Crippen LogP contribution in [0.1, 0.15) is 52.5 Å². The summed E-state index contributed by atoms with van der Waals surface area (Å²) in [7, 11) is 0. The first-order valence-corrected chi connectivity index (χ1v) is 11.9. The van der Waals surface area contributed by atoms with Gasteiger partial charge in [0.2, 0.25) is 0 Å². The van der Waals surface area contributed by atoms with Gasteiger partial charge in [-0.05, 0) is 31.0 Å². The van der Waals surface area contributed by atoms with E-state index in [0.29, 0.717) is 18.5 Å². The molecule has 34 heavy (non-hydrogen) atoms. The minimum Gasteiger partial charge on any atom is -0.454 e. The molecule has 11 heteroatoms. The van der Waals surface area contributed by atoms with Crippen molar-refractivity contribution in [2.75, 3.05) is 11.9 Å². The van der Waals surface area contributed by atoms with Crippen molar-refractivity contribution >= 4 is 75.8 Å². The maximum atomic E-state index is 13.1. The monoisotopic (exact) mass is 544 g/mol. The second-order valence-corrected chi connectivity index (χ2v) is 9.18. The molecule has 180 valence electrons. The molecule has 1 heterocycles. The van der Waals surface area contributed by atoms with Crippen LogP contribution in [-0.2, 0) is 14.3 Å². The van der Waals surface area contributed by atoms with E-state index in [1.165, 1.54) is 0 Å². The van der Waals surface area contributed by atoms with Crippen molar-refractivity contribution in [3.63, 3.8) is 0 Å². The van der Waals surface area contributed by atoms with E-state index in [4.69, 9.17) is 51.1 Å². The minimum atomic E-state index is -1.29. The number of esters is 1.